The van der Waals surface area contributed by atoms with Crippen molar-refractivity contribution in [3.8, 4) is 5.82 Å². The first-order valence-electron chi connectivity index (χ1n) is 7.99. The van der Waals surface area contributed by atoms with Crippen molar-refractivity contribution in [2.45, 2.75) is 39.7 Å². The van der Waals surface area contributed by atoms with Crippen LogP contribution in [0.15, 0.2) is 30.6 Å². The van der Waals surface area contributed by atoms with Crippen molar-refractivity contribution in [1.82, 2.24) is 20.1 Å². The number of rotatable bonds is 7. The number of hydrogen-bond acceptors (Lipinski definition) is 4. The number of amides is 1. The van der Waals surface area contributed by atoms with E-state index in [9.17, 15) is 9.90 Å². The van der Waals surface area contributed by atoms with Gasteiger partial charge in [-0.1, -0.05) is 26.8 Å². The molecule has 0 bridgehead atoms. The third kappa shape index (κ3) is 4.16. The average Bonchev–Trinajstić information content (AvgIpc) is 2.99. The van der Waals surface area contributed by atoms with Crippen LogP contribution < -0.4 is 5.32 Å². The normalized spacial score (nSPS) is 12.4. The van der Waals surface area contributed by atoms with E-state index in [1.165, 1.54) is 0 Å². The molecule has 6 heteroatoms. The number of aliphatic hydroxyl groups is 1. The molecule has 0 spiro atoms. The minimum atomic E-state index is -0.405. The lowest BCUT2D eigenvalue weighted by molar-refractivity contribution is 0.0919. The van der Waals surface area contributed by atoms with Crippen molar-refractivity contribution in [3.05, 3.63) is 41.9 Å². The van der Waals surface area contributed by atoms with Crippen molar-refractivity contribution in [3.63, 3.8) is 0 Å². The summed E-state index contributed by atoms with van der Waals surface area (Å²) in [4.78, 5) is 16.6. The van der Waals surface area contributed by atoms with Gasteiger partial charge in [0.05, 0.1) is 23.6 Å². The smallest absolute Gasteiger partial charge is 0.254 e. The lowest BCUT2D eigenvalue weighted by atomic mass is 10.0. The zero-order chi connectivity index (χ0) is 16.8. The summed E-state index contributed by atoms with van der Waals surface area (Å²) in [5, 5.41) is 16.9. The van der Waals surface area contributed by atoms with Crippen LogP contribution in [0, 0.1) is 5.92 Å². The lowest BCUT2D eigenvalue weighted by Gasteiger charge is -2.14. The summed E-state index contributed by atoms with van der Waals surface area (Å²) in [5.41, 5.74) is 1.38. The predicted octanol–water partition coefficient (Wildman–Crippen LogP) is 1.97. The number of nitrogens with zero attached hydrogens (tertiary/aromatic N) is 3. The molecular formula is C17H24N4O2. The van der Waals surface area contributed by atoms with E-state index in [0.717, 1.165) is 5.69 Å². The molecule has 0 fully saturated rings. The van der Waals surface area contributed by atoms with E-state index in [1.54, 1.807) is 17.1 Å². The first kappa shape index (κ1) is 17.1. The number of aliphatic hydroxyl groups excluding tert-OH is 1. The Bertz CT molecular complexity index is 637. The molecule has 1 unspecified atom stereocenters. The molecule has 2 heterocycles. The Kier molecular flexibility index (Phi) is 5.87. The second-order valence-corrected chi connectivity index (χ2v) is 5.81. The summed E-state index contributed by atoms with van der Waals surface area (Å²) in [6.45, 7) is 6.34. The van der Waals surface area contributed by atoms with Gasteiger partial charge in [0.2, 0.25) is 0 Å². The minimum absolute atomic E-state index is 0.167. The van der Waals surface area contributed by atoms with Crippen molar-refractivity contribution < 1.29 is 9.90 Å². The zero-order valence-corrected chi connectivity index (χ0v) is 13.9. The maximum absolute atomic E-state index is 12.4. The molecule has 0 saturated heterocycles. The van der Waals surface area contributed by atoms with Crippen LogP contribution in [0.4, 0.5) is 0 Å². The van der Waals surface area contributed by atoms with E-state index >= 15 is 0 Å². The van der Waals surface area contributed by atoms with Gasteiger partial charge < -0.3 is 10.4 Å². The van der Waals surface area contributed by atoms with Crippen LogP contribution in [0.3, 0.4) is 0 Å². The first-order chi connectivity index (χ1) is 11.0. The van der Waals surface area contributed by atoms with Crippen LogP contribution in [0.5, 0.6) is 0 Å². The highest BCUT2D eigenvalue weighted by molar-refractivity contribution is 5.95. The molecule has 0 aromatic carbocycles. The topological polar surface area (TPSA) is 80.0 Å². The highest BCUT2D eigenvalue weighted by Crippen LogP contribution is 2.14. The fourth-order valence-electron chi connectivity index (χ4n) is 2.34. The lowest BCUT2D eigenvalue weighted by Crippen LogP contribution is -2.29. The average molecular weight is 316 g/mol. The van der Waals surface area contributed by atoms with Gasteiger partial charge in [0.15, 0.2) is 5.82 Å². The molecule has 2 aromatic heterocycles. The van der Waals surface area contributed by atoms with Gasteiger partial charge in [-0.3, -0.25) is 4.79 Å². The Hall–Kier alpha value is -2.21. The number of aromatic nitrogens is 3. The largest absolute Gasteiger partial charge is 0.393 e. The molecule has 1 amide bonds. The highest BCUT2D eigenvalue weighted by Gasteiger charge is 2.18. The molecule has 0 aliphatic rings. The number of nitrogens with one attached hydrogen (secondary N) is 1. The Morgan fingerprint density at radius 1 is 1.39 bits per heavy atom. The van der Waals surface area contributed by atoms with Gasteiger partial charge >= 0.3 is 0 Å². The molecule has 0 aliphatic heterocycles. The van der Waals surface area contributed by atoms with Crippen molar-refractivity contribution >= 4 is 5.91 Å². The number of carbonyl (C=O) groups is 1. The second kappa shape index (κ2) is 7.87. The van der Waals surface area contributed by atoms with Crippen LogP contribution in [0.1, 0.15) is 43.2 Å². The fraction of sp³-hybridized carbons (Fsp3) is 0.471. The second-order valence-electron chi connectivity index (χ2n) is 5.81. The number of hydrogen-bond donors (Lipinski definition) is 2. The zero-order valence-electron chi connectivity index (χ0n) is 13.9. The fourth-order valence-corrected chi connectivity index (χ4v) is 2.34. The van der Waals surface area contributed by atoms with Gasteiger partial charge in [0.1, 0.15) is 0 Å². The van der Waals surface area contributed by atoms with Gasteiger partial charge in [-0.05, 0) is 30.9 Å². The Balaban J connectivity index is 2.08. The van der Waals surface area contributed by atoms with Crippen molar-refractivity contribution in [2.24, 2.45) is 5.92 Å². The maximum atomic E-state index is 12.4. The molecule has 23 heavy (non-hydrogen) atoms. The first-order valence-corrected chi connectivity index (χ1v) is 7.99. The molecule has 124 valence electrons. The number of carbonyl (C=O) groups excluding carboxylic acids is 1. The highest BCUT2D eigenvalue weighted by atomic mass is 16.3. The molecule has 2 N–H and O–H groups in total. The molecule has 0 saturated carbocycles. The molecule has 2 aromatic rings. The summed E-state index contributed by atoms with van der Waals surface area (Å²) < 4.78 is 1.69. The summed E-state index contributed by atoms with van der Waals surface area (Å²) in [7, 11) is 0. The van der Waals surface area contributed by atoms with Crippen molar-refractivity contribution in [1.29, 1.82) is 0 Å². The molecule has 1 atom stereocenters. The Morgan fingerprint density at radius 3 is 2.78 bits per heavy atom. The Labute approximate surface area is 136 Å². The van der Waals surface area contributed by atoms with E-state index in [4.69, 9.17) is 0 Å². The summed E-state index contributed by atoms with van der Waals surface area (Å²) >= 11 is 0. The summed E-state index contributed by atoms with van der Waals surface area (Å²) in [5.74, 6) is 0.712. The monoisotopic (exact) mass is 316 g/mol. The quantitative estimate of drug-likeness (QED) is 0.818. The van der Waals surface area contributed by atoms with Gasteiger partial charge in [0.25, 0.3) is 5.91 Å². The summed E-state index contributed by atoms with van der Waals surface area (Å²) in [6.07, 6.45) is 4.08. The molecule has 0 aliphatic carbocycles. The van der Waals surface area contributed by atoms with E-state index in [0.29, 0.717) is 30.8 Å². The molecule has 2 rings (SSSR count). The van der Waals surface area contributed by atoms with E-state index in [1.807, 2.05) is 39.0 Å². The van der Waals surface area contributed by atoms with Crippen LogP contribution >= 0.6 is 0 Å². The molecule has 6 nitrogen and oxygen atoms in total. The number of pyridine rings is 1. The molecule has 0 radical (unpaired) electrons. The van der Waals surface area contributed by atoms with E-state index < -0.39 is 6.10 Å². The van der Waals surface area contributed by atoms with E-state index in [2.05, 4.69) is 15.4 Å². The SMILES string of the molecule is CCc1c(C(=O)NCCC(O)C(C)C)cnn1-c1ccccn1. The third-order valence-electron chi connectivity index (χ3n) is 3.81. The maximum Gasteiger partial charge on any atom is 0.254 e. The van der Waals surface area contributed by atoms with Gasteiger partial charge in [-0.2, -0.15) is 5.10 Å². The van der Waals surface area contributed by atoms with Gasteiger partial charge in [-0.25, -0.2) is 9.67 Å². The van der Waals surface area contributed by atoms with Gasteiger partial charge in [-0.15, -0.1) is 0 Å². The van der Waals surface area contributed by atoms with Crippen LogP contribution in [-0.2, 0) is 6.42 Å². The van der Waals surface area contributed by atoms with E-state index in [-0.39, 0.29) is 11.8 Å². The van der Waals surface area contributed by atoms with Crippen LogP contribution in [0.25, 0.3) is 5.82 Å². The van der Waals surface area contributed by atoms with Gasteiger partial charge in [0, 0.05) is 12.7 Å². The summed E-state index contributed by atoms with van der Waals surface area (Å²) in [6, 6.07) is 5.58. The standard InChI is InChI=1S/C17H24N4O2/c1-4-14-13(17(23)19-10-8-15(22)12(2)3)11-20-21(14)16-7-5-6-9-18-16/h5-7,9,11-12,15,22H,4,8,10H2,1-3H3,(H,19,23). The molecular weight excluding hydrogens is 292 g/mol. The minimum Gasteiger partial charge on any atom is -0.393 e. The third-order valence-corrected chi connectivity index (χ3v) is 3.81. The predicted molar refractivity (Wildman–Crippen MR) is 88.5 cm³/mol. The Morgan fingerprint density at radius 2 is 2.17 bits per heavy atom. The van der Waals surface area contributed by atoms with Crippen molar-refractivity contribution in [2.75, 3.05) is 6.54 Å². The van der Waals surface area contributed by atoms with Crippen LogP contribution in [-0.4, -0.2) is 38.4 Å². The van der Waals surface area contributed by atoms with Crippen LogP contribution in [0.2, 0.25) is 0 Å².